The molecule has 1 atom stereocenters. The van der Waals surface area contributed by atoms with E-state index in [1.54, 1.807) is 0 Å². The summed E-state index contributed by atoms with van der Waals surface area (Å²) in [6.07, 6.45) is -5.22. The number of carbonyl (C=O) groups is 1. The molecule has 0 aromatic heterocycles. The predicted octanol–water partition coefficient (Wildman–Crippen LogP) is 3.14. The Bertz CT molecular complexity index is 514. The number of halogens is 3. The molecular weight excluding hydrogens is 249 g/mol. The number of hydrogen-bond donors (Lipinski definition) is 1. The number of rotatable bonds is 1. The van der Waals surface area contributed by atoms with Gasteiger partial charge in [0.15, 0.2) is 6.10 Å². The second-order valence-corrected chi connectivity index (χ2v) is 3.94. The zero-order chi connectivity index (χ0) is 13.5. The number of aliphatic hydroxyl groups is 1. The standard InChI is InChI=1S/C12H9F3O3/c1-6-9(16)11(17)18-10(6)7-2-4-8(5-3-7)12(13,14)15/h2-5,10,16H,1H3/t10-/m1/s1. The van der Waals surface area contributed by atoms with Crippen LogP contribution in [0.4, 0.5) is 13.2 Å². The summed E-state index contributed by atoms with van der Waals surface area (Å²) in [5, 5.41) is 9.31. The second-order valence-electron chi connectivity index (χ2n) is 3.94. The Morgan fingerprint density at radius 1 is 1.22 bits per heavy atom. The van der Waals surface area contributed by atoms with Crippen molar-refractivity contribution in [3.8, 4) is 0 Å². The molecule has 1 aliphatic heterocycles. The molecule has 1 aliphatic rings. The summed E-state index contributed by atoms with van der Waals surface area (Å²) in [6, 6.07) is 4.27. The number of esters is 1. The molecule has 96 valence electrons. The summed E-state index contributed by atoms with van der Waals surface area (Å²) in [5.41, 5.74) is -0.0981. The van der Waals surface area contributed by atoms with Crippen LogP contribution in [0.3, 0.4) is 0 Å². The number of ether oxygens (including phenoxy) is 1. The van der Waals surface area contributed by atoms with Crippen molar-refractivity contribution in [1.29, 1.82) is 0 Å². The molecule has 2 rings (SSSR count). The van der Waals surface area contributed by atoms with Gasteiger partial charge in [-0.2, -0.15) is 13.2 Å². The fourth-order valence-electron chi connectivity index (χ4n) is 1.70. The summed E-state index contributed by atoms with van der Waals surface area (Å²) in [7, 11) is 0. The number of alkyl halides is 3. The average Bonchev–Trinajstić information content (AvgIpc) is 2.56. The predicted molar refractivity (Wildman–Crippen MR) is 55.6 cm³/mol. The van der Waals surface area contributed by atoms with E-state index < -0.39 is 29.6 Å². The van der Waals surface area contributed by atoms with E-state index in [-0.39, 0.29) is 0 Å². The summed E-state index contributed by atoms with van der Waals surface area (Å²) in [6.45, 7) is 1.49. The van der Waals surface area contributed by atoms with Crippen LogP contribution in [0.5, 0.6) is 0 Å². The third-order valence-electron chi connectivity index (χ3n) is 2.73. The molecule has 1 N–H and O–H groups in total. The van der Waals surface area contributed by atoms with Crippen LogP contribution in [0.15, 0.2) is 35.6 Å². The highest BCUT2D eigenvalue weighted by Gasteiger charge is 2.34. The average molecular weight is 258 g/mol. The number of carbonyl (C=O) groups excluding carboxylic acids is 1. The van der Waals surface area contributed by atoms with Crippen LogP contribution < -0.4 is 0 Å². The smallest absolute Gasteiger partial charge is 0.416 e. The fourth-order valence-corrected chi connectivity index (χ4v) is 1.70. The molecule has 0 fully saturated rings. The molecule has 0 aliphatic carbocycles. The van der Waals surface area contributed by atoms with Crippen LogP contribution in [0, 0.1) is 0 Å². The SMILES string of the molecule is CC1=C(O)C(=O)O[C@H]1c1ccc(C(F)(F)F)cc1. The zero-order valence-electron chi connectivity index (χ0n) is 9.28. The molecule has 0 saturated carbocycles. The first-order chi connectivity index (χ1) is 8.30. The Kier molecular flexibility index (Phi) is 2.80. The molecule has 0 spiro atoms. The molecule has 3 nitrogen and oxygen atoms in total. The van der Waals surface area contributed by atoms with Gasteiger partial charge in [-0.05, 0) is 24.6 Å². The lowest BCUT2D eigenvalue weighted by molar-refractivity contribution is -0.142. The van der Waals surface area contributed by atoms with E-state index in [1.807, 2.05) is 0 Å². The van der Waals surface area contributed by atoms with Gasteiger partial charge in [-0.25, -0.2) is 4.79 Å². The lowest BCUT2D eigenvalue weighted by Gasteiger charge is -2.13. The largest absolute Gasteiger partial charge is 0.502 e. The molecule has 6 heteroatoms. The minimum absolute atomic E-state index is 0.291. The van der Waals surface area contributed by atoms with Crippen molar-refractivity contribution in [2.24, 2.45) is 0 Å². The van der Waals surface area contributed by atoms with Crippen LogP contribution in [0.2, 0.25) is 0 Å². The highest BCUT2D eigenvalue weighted by molar-refractivity contribution is 5.89. The van der Waals surface area contributed by atoms with Crippen LogP contribution in [-0.4, -0.2) is 11.1 Å². The fraction of sp³-hybridized carbons (Fsp3) is 0.250. The Morgan fingerprint density at radius 2 is 1.78 bits per heavy atom. The van der Waals surface area contributed by atoms with E-state index in [4.69, 9.17) is 4.74 Å². The molecule has 0 radical (unpaired) electrons. The van der Waals surface area contributed by atoms with E-state index in [9.17, 15) is 23.1 Å². The van der Waals surface area contributed by atoms with Crippen molar-refractivity contribution in [1.82, 2.24) is 0 Å². The molecule has 1 aromatic rings. The number of cyclic esters (lactones) is 1. The Labute approximate surface area is 100 Å². The summed E-state index contributed by atoms with van der Waals surface area (Å²) in [5.74, 6) is -1.35. The maximum absolute atomic E-state index is 12.4. The normalized spacial score (nSPS) is 20.2. The molecule has 0 saturated heterocycles. The molecule has 0 amide bonds. The minimum Gasteiger partial charge on any atom is -0.502 e. The van der Waals surface area contributed by atoms with Gasteiger partial charge in [-0.1, -0.05) is 12.1 Å². The monoisotopic (exact) mass is 258 g/mol. The summed E-state index contributed by atoms with van der Waals surface area (Å²) in [4.78, 5) is 11.1. The highest BCUT2D eigenvalue weighted by Crippen LogP contribution is 2.35. The van der Waals surface area contributed by atoms with Crippen LogP contribution >= 0.6 is 0 Å². The van der Waals surface area contributed by atoms with Gasteiger partial charge < -0.3 is 9.84 Å². The third-order valence-corrected chi connectivity index (χ3v) is 2.73. The van der Waals surface area contributed by atoms with E-state index in [0.29, 0.717) is 11.1 Å². The van der Waals surface area contributed by atoms with E-state index in [0.717, 1.165) is 12.1 Å². The van der Waals surface area contributed by atoms with Crippen molar-refractivity contribution in [2.45, 2.75) is 19.2 Å². The number of hydrogen-bond acceptors (Lipinski definition) is 3. The van der Waals surface area contributed by atoms with Crippen LogP contribution in [0.25, 0.3) is 0 Å². The molecule has 0 bridgehead atoms. The van der Waals surface area contributed by atoms with Crippen molar-refractivity contribution >= 4 is 5.97 Å². The number of benzene rings is 1. The first kappa shape index (κ1) is 12.5. The Morgan fingerprint density at radius 3 is 2.17 bits per heavy atom. The number of aliphatic hydroxyl groups excluding tert-OH is 1. The van der Waals surface area contributed by atoms with Crippen molar-refractivity contribution in [2.75, 3.05) is 0 Å². The maximum Gasteiger partial charge on any atom is 0.416 e. The first-order valence-electron chi connectivity index (χ1n) is 5.08. The zero-order valence-corrected chi connectivity index (χ0v) is 9.28. The second kappa shape index (κ2) is 4.04. The molecule has 18 heavy (non-hydrogen) atoms. The van der Waals surface area contributed by atoms with Gasteiger partial charge in [0.25, 0.3) is 0 Å². The van der Waals surface area contributed by atoms with Gasteiger partial charge in [0, 0.05) is 5.57 Å². The Hall–Kier alpha value is -1.98. The lowest BCUT2D eigenvalue weighted by Crippen LogP contribution is -2.06. The molecule has 1 aromatic carbocycles. The van der Waals surface area contributed by atoms with Gasteiger partial charge in [0.05, 0.1) is 5.56 Å². The van der Waals surface area contributed by atoms with E-state index in [1.165, 1.54) is 19.1 Å². The van der Waals surface area contributed by atoms with E-state index in [2.05, 4.69) is 0 Å². The molecular formula is C12H9F3O3. The van der Waals surface area contributed by atoms with Crippen LogP contribution in [-0.2, 0) is 15.7 Å². The van der Waals surface area contributed by atoms with Crippen LogP contribution in [0.1, 0.15) is 24.2 Å². The summed E-state index contributed by atoms with van der Waals surface area (Å²) < 4.78 is 41.9. The Balaban J connectivity index is 2.30. The van der Waals surface area contributed by atoms with Gasteiger partial charge >= 0.3 is 12.1 Å². The van der Waals surface area contributed by atoms with Gasteiger partial charge in [-0.3, -0.25) is 0 Å². The third kappa shape index (κ3) is 2.05. The quantitative estimate of drug-likeness (QED) is 0.787. The molecule has 0 unspecified atom stereocenters. The van der Waals surface area contributed by atoms with Gasteiger partial charge in [0.1, 0.15) is 0 Å². The molecule has 1 heterocycles. The lowest BCUT2D eigenvalue weighted by atomic mass is 10.0. The first-order valence-corrected chi connectivity index (χ1v) is 5.08. The van der Waals surface area contributed by atoms with Crippen molar-refractivity contribution in [3.05, 3.63) is 46.7 Å². The summed E-state index contributed by atoms with van der Waals surface area (Å²) >= 11 is 0. The van der Waals surface area contributed by atoms with Crippen molar-refractivity contribution in [3.63, 3.8) is 0 Å². The van der Waals surface area contributed by atoms with E-state index >= 15 is 0 Å². The minimum atomic E-state index is -4.40. The topological polar surface area (TPSA) is 46.5 Å². The highest BCUT2D eigenvalue weighted by atomic mass is 19.4. The van der Waals surface area contributed by atoms with Crippen molar-refractivity contribution < 1.29 is 27.8 Å². The maximum atomic E-state index is 12.4. The van der Waals surface area contributed by atoms with Gasteiger partial charge in [0.2, 0.25) is 5.76 Å². The van der Waals surface area contributed by atoms with Gasteiger partial charge in [-0.15, -0.1) is 0 Å².